The summed E-state index contributed by atoms with van der Waals surface area (Å²) in [6.45, 7) is 0. The molecule has 2 aromatic carbocycles. The Bertz CT molecular complexity index is 814. The Hall–Kier alpha value is -2.94. The van der Waals surface area contributed by atoms with Gasteiger partial charge >= 0.3 is 6.18 Å². The Morgan fingerprint density at radius 1 is 1.12 bits per heavy atom. The van der Waals surface area contributed by atoms with Gasteiger partial charge in [0.1, 0.15) is 17.7 Å². The van der Waals surface area contributed by atoms with Crippen LogP contribution < -0.4 is 4.74 Å². The minimum atomic E-state index is -5.07. The van der Waals surface area contributed by atoms with Crippen molar-refractivity contribution in [3.63, 3.8) is 0 Å². The van der Waals surface area contributed by atoms with E-state index in [9.17, 15) is 32.8 Å². The van der Waals surface area contributed by atoms with E-state index in [2.05, 4.69) is 0 Å². The molecule has 0 radical (unpaired) electrons. The van der Waals surface area contributed by atoms with Crippen molar-refractivity contribution >= 4 is 11.3 Å². The van der Waals surface area contributed by atoms with E-state index in [0.29, 0.717) is 0 Å². The van der Waals surface area contributed by atoms with Gasteiger partial charge in [-0.2, -0.15) is 13.2 Å². The van der Waals surface area contributed by atoms with Gasteiger partial charge in [0.05, 0.1) is 17.6 Å². The third-order valence-electron chi connectivity index (χ3n) is 3.56. The first-order chi connectivity index (χ1) is 12.1. The summed E-state index contributed by atoms with van der Waals surface area (Å²) in [5, 5.41) is 20.6. The van der Waals surface area contributed by atoms with E-state index >= 15 is 0 Å². The first-order valence-corrected chi connectivity index (χ1v) is 7.19. The van der Waals surface area contributed by atoms with E-state index in [4.69, 9.17) is 4.74 Å². The van der Waals surface area contributed by atoms with E-state index in [1.165, 1.54) is 19.2 Å². The number of nitro benzene ring substituents is 1. The molecule has 0 amide bonds. The molecule has 0 aromatic heterocycles. The van der Waals surface area contributed by atoms with Gasteiger partial charge < -0.3 is 9.84 Å². The van der Waals surface area contributed by atoms with Crippen molar-refractivity contribution in [1.29, 1.82) is 0 Å². The van der Waals surface area contributed by atoms with E-state index in [0.717, 1.165) is 36.4 Å². The van der Waals surface area contributed by atoms with Crippen LogP contribution in [0.1, 0.15) is 17.2 Å². The lowest BCUT2D eigenvalue weighted by atomic mass is 9.99. The first kappa shape index (κ1) is 19.4. The Balaban J connectivity index is 2.49. The van der Waals surface area contributed by atoms with Crippen molar-refractivity contribution in [1.82, 2.24) is 0 Å². The molecule has 0 aliphatic heterocycles. The number of non-ortho nitro benzene ring substituents is 1. The molecule has 9 heteroatoms. The van der Waals surface area contributed by atoms with E-state index in [1.807, 2.05) is 0 Å². The van der Waals surface area contributed by atoms with Crippen LogP contribution >= 0.6 is 0 Å². The van der Waals surface area contributed by atoms with E-state index < -0.39 is 34.2 Å². The van der Waals surface area contributed by atoms with Gasteiger partial charge in [-0.3, -0.25) is 10.1 Å². The Kier molecular flexibility index (Phi) is 5.61. The second-order valence-corrected chi connectivity index (χ2v) is 5.20. The molecule has 0 saturated heterocycles. The highest BCUT2D eigenvalue weighted by Crippen LogP contribution is 2.41. The number of methoxy groups -OCH3 is 1. The third-order valence-corrected chi connectivity index (χ3v) is 3.56. The number of ether oxygens (including phenoxy) is 1. The SMILES string of the molecule is COc1ccc(/C(=C(\F)C(O)c2ccc([N+](=O)[O-])cc2)C(F)(F)F)cc1. The monoisotopic (exact) mass is 371 g/mol. The number of hydrogen-bond acceptors (Lipinski definition) is 4. The lowest BCUT2D eigenvalue weighted by Crippen LogP contribution is -2.15. The molecule has 26 heavy (non-hydrogen) atoms. The molecule has 0 aliphatic carbocycles. The first-order valence-electron chi connectivity index (χ1n) is 7.19. The van der Waals surface area contributed by atoms with Crippen LogP contribution in [0.4, 0.5) is 23.2 Å². The van der Waals surface area contributed by atoms with E-state index in [1.54, 1.807) is 0 Å². The third kappa shape index (κ3) is 4.17. The summed E-state index contributed by atoms with van der Waals surface area (Å²) in [5.41, 5.74) is -2.71. The second kappa shape index (κ2) is 7.52. The fourth-order valence-electron chi connectivity index (χ4n) is 2.26. The van der Waals surface area contributed by atoms with Crippen LogP contribution in [-0.4, -0.2) is 23.3 Å². The molecule has 138 valence electrons. The van der Waals surface area contributed by atoms with Crippen molar-refractivity contribution in [2.24, 2.45) is 0 Å². The van der Waals surface area contributed by atoms with Crippen LogP contribution in [0.25, 0.3) is 5.57 Å². The molecule has 1 N–H and O–H groups in total. The zero-order valence-corrected chi connectivity index (χ0v) is 13.3. The van der Waals surface area contributed by atoms with Crippen molar-refractivity contribution in [2.45, 2.75) is 12.3 Å². The number of aliphatic hydroxyl groups is 1. The van der Waals surface area contributed by atoms with Crippen LogP contribution in [-0.2, 0) is 0 Å². The molecule has 0 saturated carbocycles. The molecule has 0 aliphatic rings. The topological polar surface area (TPSA) is 72.6 Å². The second-order valence-electron chi connectivity index (χ2n) is 5.20. The van der Waals surface area contributed by atoms with Gasteiger partial charge in [0.25, 0.3) is 5.69 Å². The summed E-state index contributed by atoms with van der Waals surface area (Å²) >= 11 is 0. The summed E-state index contributed by atoms with van der Waals surface area (Å²) in [7, 11) is 1.33. The lowest BCUT2D eigenvalue weighted by Gasteiger charge is -2.17. The smallest absolute Gasteiger partial charge is 0.419 e. The zero-order valence-electron chi connectivity index (χ0n) is 13.3. The summed E-state index contributed by atoms with van der Waals surface area (Å²) < 4.78 is 59.4. The number of hydrogen-bond donors (Lipinski definition) is 1. The lowest BCUT2D eigenvalue weighted by molar-refractivity contribution is -0.384. The minimum absolute atomic E-state index is 0.247. The fourth-order valence-corrected chi connectivity index (χ4v) is 2.26. The Morgan fingerprint density at radius 2 is 1.65 bits per heavy atom. The van der Waals surface area contributed by atoms with Crippen molar-refractivity contribution in [3.8, 4) is 5.75 Å². The molecule has 2 rings (SSSR count). The molecule has 0 heterocycles. The van der Waals surface area contributed by atoms with Crippen LogP contribution in [0.5, 0.6) is 5.75 Å². The number of rotatable bonds is 5. The van der Waals surface area contributed by atoms with Gasteiger partial charge in [0, 0.05) is 12.1 Å². The standard InChI is InChI=1S/C17H13F4NO4/c1-26-13-8-4-10(5-9-13)14(17(19,20)21)15(18)16(23)11-2-6-12(7-3-11)22(24)25/h2-9,16,23H,1H3/b15-14+. The zero-order chi connectivity index (χ0) is 19.5. The normalized spacial score (nSPS) is 13.8. The maximum absolute atomic E-state index is 14.5. The molecular weight excluding hydrogens is 358 g/mol. The largest absolute Gasteiger partial charge is 0.497 e. The fraction of sp³-hybridized carbons (Fsp3) is 0.176. The number of nitro groups is 1. The quantitative estimate of drug-likeness (QED) is 0.474. The summed E-state index contributed by atoms with van der Waals surface area (Å²) in [6, 6.07) is 8.40. The molecule has 0 bridgehead atoms. The predicted molar refractivity (Wildman–Crippen MR) is 85.1 cm³/mol. The van der Waals surface area contributed by atoms with Crippen molar-refractivity contribution in [2.75, 3.05) is 7.11 Å². The average molecular weight is 371 g/mol. The van der Waals surface area contributed by atoms with Gasteiger partial charge in [-0.15, -0.1) is 0 Å². The highest BCUT2D eigenvalue weighted by atomic mass is 19.4. The Morgan fingerprint density at radius 3 is 2.08 bits per heavy atom. The molecule has 1 unspecified atom stereocenters. The number of halogens is 4. The predicted octanol–water partition coefficient (Wildman–Crippen LogP) is 4.58. The molecular formula is C17H13F4NO4. The number of alkyl halides is 3. The molecule has 1 atom stereocenters. The Labute approximate surface area is 145 Å². The van der Waals surface area contributed by atoms with Gasteiger partial charge in [-0.05, 0) is 35.4 Å². The molecule has 0 fully saturated rings. The van der Waals surface area contributed by atoms with Gasteiger partial charge in [0.15, 0.2) is 0 Å². The van der Waals surface area contributed by atoms with E-state index in [-0.39, 0.29) is 17.0 Å². The maximum atomic E-state index is 14.5. The number of aliphatic hydroxyl groups excluding tert-OH is 1. The number of nitrogens with zero attached hydrogens (tertiary/aromatic N) is 1. The van der Waals surface area contributed by atoms with Crippen LogP contribution in [0, 0.1) is 10.1 Å². The molecule has 0 spiro atoms. The van der Waals surface area contributed by atoms with Gasteiger partial charge in [0.2, 0.25) is 0 Å². The van der Waals surface area contributed by atoms with Crippen molar-refractivity contribution < 1.29 is 32.3 Å². The van der Waals surface area contributed by atoms with Crippen molar-refractivity contribution in [3.05, 3.63) is 75.6 Å². The summed E-state index contributed by atoms with van der Waals surface area (Å²) in [4.78, 5) is 9.87. The van der Waals surface area contributed by atoms with Crippen LogP contribution in [0.3, 0.4) is 0 Å². The highest BCUT2D eigenvalue weighted by Gasteiger charge is 2.40. The highest BCUT2D eigenvalue weighted by molar-refractivity contribution is 5.72. The summed E-state index contributed by atoms with van der Waals surface area (Å²) in [5.74, 6) is -1.52. The maximum Gasteiger partial charge on any atom is 0.419 e. The minimum Gasteiger partial charge on any atom is -0.497 e. The number of benzene rings is 2. The summed E-state index contributed by atoms with van der Waals surface area (Å²) in [6.07, 6.45) is -7.30. The molecule has 5 nitrogen and oxygen atoms in total. The number of allylic oxidation sites excluding steroid dienone is 1. The molecule has 2 aromatic rings. The average Bonchev–Trinajstić information content (AvgIpc) is 2.60. The van der Waals surface area contributed by atoms with Crippen LogP contribution in [0.15, 0.2) is 54.4 Å². The van der Waals surface area contributed by atoms with Gasteiger partial charge in [-0.25, -0.2) is 4.39 Å². The van der Waals surface area contributed by atoms with Crippen LogP contribution in [0.2, 0.25) is 0 Å². The van der Waals surface area contributed by atoms with Gasteiger partial charge in [-0.1, -0.05) is 12.1 Å².